The molecule has 6 rings (SSSR count). The predicted molar refractivity (Wildman–Crippen MR) is 146 cm³/mol. The lowest BCUT2D eigenvalue weighted by atomic mass is 9.79. The normalized spacial score (nSPS) is 22.9. The van der Waals surface area contributed by atoms with Crippen molar-refractivity contribution in [2.45, 2.75) is 58.5 Å². The molecule has 3 aromatic rings. The summed E-state index contributed by atoms with van der Waals surface area (Å²) in [5, 5.41) is 9.61. The second-order valence-electron chi connectivity index (χ2n) is 11.7. The Bertz CT molecular complexity index is 1470. The Morgan fingerprint density at radius 3 is 2.63 bits per heavy atom. The number of carboxylic acids is 1. The number of hydrogen-bond donors (Lipinski definition) is 1. The summed E-state index contributed by atoms with van der Waals surface area (Å²) in [5.41, 5.74) is 6.45. The molecule has 0 amide bonds. The molecule has 5 heteroatoms. The van der Waals surface area contributed by atoms with Crippen LogP contribution in [0.5, 0.6) is 11.5 Å². The standard InChI is InChI=1S/C33H33FO4/c1-20-6-10-29(34)25(15-20)23-9-7-21(16-24(23)26-5-4-12-32(26,2)3)19-38-22-8-11-30-27(17-22)33(13-14-37-30)18-28(33)31(35)36/h5-11,15-17,28H,4,12-14,18-19H2,1-3H3,(H,35,36)/t28-,33+/m1/s1. The van der Waals surface area contributed by atoms with Crippen LogP contribution in [0.25, 0.3) is 16.7 Å². The fourth-order valence-corrected chi connectivity index (χ4v) is 6.41. The molecule has 0 radical (unpaired) electrons. The molecule has 2 atom stereocenters. The minimum Gasteiger partial charge on any atom is -0.493 e. The van der Waals surface area contributed by atoms with Crippen molar-refractivity contribution >= 4 is 11.5 Å². The second kappa shape index (κ2) is 9.00. The summed E-state index contributed by atoms with van der Waals surface area (Å²) in [6.07, 6.45) is 5.72. The van der Waals surface area contributed by atoms with E-state index in [1.165, 1.54) is 5.57 Å². The average molecular weight is 513 g/mol. The summed E-state index contributed by atoms with van der Waals surface area (Å²) in [6, 6.07) is 17.2. The first-order chi connectivity index (χ1) is 18.2. The van der Waals surface area contributed by atoms with Gasteiger partial charge in [-0.3, -0.25) is 4.79 Å². The maximum Gasteiger partial charge on any atom is 0.307 e. The van der Waals surface area contributed by atoms with Gasteiger partial charge in [0.05, 0.1) is 12.5 Å². The third-order valence-corrected chi connectivity index (χ3v) is 8.71. The molecule has 1 spiro atoms. The van der Waals surface area contributed by atoms with Gasteiger partial charge in [0.25, 0.3) is 0 Å². The van der Waals surface area contributed by atoms with Gasteiger partial charge < -0.3 is 14.6 Å². The second-order valence-corrected chi connectivity index (χ2v) is 11.7. The van der Waals surface area contributed by atoms with E-state index in [-0.39, 0.29) is 22.6 Å². The smallest absolute Gasteiger partial charge is 0.307 e. The summed E-state index contributed by atoms with van der Waals surface area (Å²) in [4.78, 5) is 11.7. The summed E-state index contributed by atoms with van der Waals surface area (Å²) >= 11 is 0. The van der Waals surface area contributed by atoms with Crippen molar-refractivity contribution in [1.29, 1.82) is 0 Å². The van der Waals surface area contributed by atoms with Gasteiger partial charge in [-0.15, -0.1) is 0 Å². The van der Waals surface area contributed by atoms with E-state index in [2.05, 4.69) is 26.0 Å². The highest BCUT2D eigenvalue weighted by atomic mass is 19.1. The Balaban J connectivity index is 1.31. The van der Waals surface area contributed by atoms with Crippen molar-refractivity contribution in [2.75, 3.05) is 6.61 Å². The third-order valence-electron chi connectivity index (χ3n) is 8.71. The Morgan fingerprint density at radius 2 is 1.89 bits per heavy atom. The number of aliphatic carboxylic acids is 1. The highest BCUT2D eigenvalue weighted by molar-refractivity contribution is 5.85. The van der Waals surface area contributed by atoms with Crippen LogP contribution in [-0.2, 0) is 16.8 Å². The van der Waals surface area contributed by atoms with E-state index in [0.717, 1.165) is 46.4 Å². The van der Waals surface area contributed by atoms with E-state index >= 15 is 0 Å². The van der Waals surface area contributed by atoms with Gasteiger partial charge in [-0.2, -0.15) is 0 Å². The molecule has 196 valence electrons. The molecular formula is C33H33FO4. The molecule has 0 unspecified atom stereocenters. The fourth-order valence-electron chi connectivity index (χ4n) is 6.41. The van der Waals surface area contributed by atoms with E-state index in [1.807, 2.05) is 43.3 Å². The number of rotatable bonds is 6. The van der Waals surface area contributed by atoms with Crippen LogP contribution >= 0.6 is 0 Å². The maximum atomic E-state index is 15.0. The Kier molecular flexibility index (Phi) is 5.86. The van der Waals surface area contributed by atoms with Gasteiger partial charge in [0.1, 0.15) is 23.9 Å². The first-order valence-corrected chi connectivity index (χ1v) is 13.4. The Labute approximate surface area is 223 Å². The molecule has 2 aliphatic carbocycles. The minimum absolute atomic E-state index is 0.00624. The van der Waals surface area contributed by atoms with E-state index in [4.69, 9.17) is 9.47 Å². The third kappa shape index (κ3) is 4.18. The molecule has 1 aliphatic heterocycles. The van der Waals surface area contributed by atoms with Crippen LogP contribution in [0.15, 0.2) is 60.7 Å². The molecule has 1 fully saturated rings. The monoisotopic (exact) mass is 512 g/mol. The fraction of sp³-hybridized carbons (Fsp3) is 0.364. The SMILES string of the molecule is Cc1ccc(F)c(-c2ccc(COc3ccc4c(c3)[C@]3(CCO4)C[C@@H]3C(=O)O)cc2C2=CCCC2(C)C)c1. The van der Waals surface area contributed by atoms with E-state index in [0.29, 0.717) is 37.4 Å². The van der Waals surface area contributed by atoms with Crippen LogP contribution in [0.1, 0.15) is 61.8 Å². The average Bonchev–Trinajstić information content (AvgIpc) is 3.50. The lowest BCUT2D eigenvalue weighted by molar-refractivity contribution is -0.139. The van der Waals surface area contributed by atoms with Gasteiger partial charge in [0.15, 0.2) is 0 Å². The molecule has 0 bridgehead atoms. The highest BCUT2D eigenvalue weighted by Gasteiger charge is 2.61. The lowest BCUT2D eigenvalue weighted by Crippen LogP contribution is -2.24. The summed E-state index contributed by atoms with van der Waals surface area (Å²) in [5.74, 6) is 0.128. The molecule has 0 saturated heterocycles. The van der Waals surface area contributed by atoms with E-state index < -0.39 is 5.97 Å². The summed E-state index contributed by atoms with van der Waals surface area (Å²) in [6.45, 7) is 7.38. The lowest BCUT2D eigenvalue weighted by Gasteiger charge is -2.27. The van der Waals surface area contributed by atoms with Crippen LogP contribution < -0.4 is 9.47 Å². The number of carbonyl (C=O) groups is 1. The molecule has 1 N–H and O–H groups in total. The van der Waals surface area contributed by atoms with E-state index in [9.17, 15) is 14.3 Å². The Hall–Kier alpha value is -3.60. The van der Waals surface area contributed by atoms with Crippen LogP contribution in [0.4, 0.5) is 4.39 Å². The van der Waals surface area contributed by atoms with Gasteiger partial charge in [-0.25, -0.2) is 4.39 Å². The maximum absolute atomic E-state index is 15.0. The first kappa shape index (κ1) is 24.7. The number of allylic oxidation sites excluding steroid dienone is 2. The molecule has 4 nitrogen and oxygen atoms in total. The van der Waals surface area contributed by atoms with Crippen molar-refractivity contribution in [3.05, 3.63) is 88.7 Å². The number of hydrogen-bond acceptors (Lipinski definition) is 3. The van der Waals surface area contributed by atoms with Gasteiger partial charge in [-0.1, -0.05) is 43.7 Å². The molecular weight excluding hydrogens is 479 g/mol. The number of ether oxygens (including phenoxy) is 2. The number of halogens is 1. The zero-order valence-corrected chi connectivity index (χ0v) is 22.1. The molecule has 3 aromatic carbocycles. The van der Waals surface area contributed by atoms with Crippen LogP contribution in [-0.4, -0.2) is 17.7 Å². The summed E-state index contributed by atoms with van der Waals surface area (Å²) in [7, 11) is 0. The first-order valence-electron chi connectivity index (χ1n) is 13.4. The minimum atomic E-state index is -0.744. The zero-order valence-electron chi connectivity index (χ0n) is 22.1. The Morgan fingerprint density at radius 1 is 1.05 bits per heavy atom. The van der Waals surface area contributed by atoms with Crippen molar-refractivity contribution < 1.29 is 23.8 Å². The van der Waals surface area contributed by atoms with Gasteiger partial charge in [0, 0.05) is 16.5 Å². The van der Waals surface area contributed by atoms with E-state index in [1.54, 1.807) is 12.1 Å². The van der Waals surface area contributed by atoms with Crippen molar-refractivity contribution in [3.63, 3.8) is 0 Å². The topological polar surface area (TPSA) is 55.8 Å². The molecule has 3 aliphatic rings. The molecule has 0 aromatic heterocycles. The molecule has 1 heterocycles. The van der Waals surface area contributed by atoms with Gasteiger partial charge in [0.2, 0.25) is 0 Å². The van der Waals surface area contributed by atoms with Crippen molar-refractivity contribution in [2.24, 2.45) is 11.3 Å². The number of carboxylic acid groups (broad SMARTS) is 1. The zero-order chi connectivity index (χ0) is 26.7. The number of aryl methyl sites for hydroxylation is 1. The number of fused-ring (bicyclic) bond motifs is 2. The predicted octanol–water partition coefficient (Wildman–Crippen LogP) is 7.71. The van der Waals surface area contributed by atoms with Gasteiger partial charge >= 0.3 is 5.97 Å². The van der Waals surface area contributed by atoms with Gasteiger partial charge in [-0.05, 0) is 96.7 Å². The quantitative estimate of drug-likeness (QED) is 0.368. The molecule has 1 saturated carbocycles. The summed E-state index contributed by atoms with van der Waals surface area (Å²) < 4.78 is 27.0. The molecule has 38 heavy (non-hydrogen) atoms. The van der Waals surface area contributed by atoms with Crippen LogP contribution in [0.2, 0.25) is 0 Å². The number of benzene rings is 3. The van der Waals surface area contributed by atoms with Crippen LogP contribution in [0, 0.1) is 24.1 Å². The van der Waals surface area contributed by atoms with Crippen LogP contribution in [0.3, 0.4) is 0 Å². The van der Waals surface area contributed by atoms with Crippen molar-refractivity contribution in [1.82, 2.24) is 0 Å². The largest absolute Gasteiger partial charge is 0.493 e. The van der Waals surface area contributed by atoms with Crippen molar-refractivity contribution in [3.8, 4) is 22.6 Å². The highest BCUT2D eigenvalue weighted by Crippen LogP contribution is 2.61.